The zero-order valence-electron chi connectivity index (χ0n) is 8.28. The van der Waals surface area contributed by atoms with Crippen LogP contribution in [0, 0.1) is 0 Å². The summed E-state index contributed by atoms with van der Waals surface area (Å²) in [6.07, 6.45) is 0. The summed E-state index contributed by atoms with van der Waals surface area (Å²) >= 11 is 0. The zero-order chi connectivity index (χ0) is 13.5. The van der Waals surface area contributed by atoms with Crippen LogP contribution < -0.4 is 0 Å². The van der Waals surface area contributed by atoms with Gasteiger partial charge in [-0.2, -0.15) is 0 Å². The minimum atomic E-state index is -5.17. The van der Waals surface area contributed by atoms with E-state index in [2.05, 4.69) is 0 Å². The van der Waals surface area contributed by atoms with Crippen molar-refractivity contribution < 1.29 is 63.5 Å². The van der Waals surface area contributed by atoms with Crippen LogP contribution in [0.3, 0.4) is 0 Å². The Morgan fingerprint density at radius 1 is 0.429 bits per heavy atom. The summed E-state index contributed by atoms with van der Waals surface area (Å²) in [6.45, 7) is 0. The topological polar surface area (TPSA) is 304 Å². The minimum absolute atomic E-state index is 0. The van der Waals surface area contributed by atoms with Crippen LogP contribution in [-0.4, -0.2) is 201 Å². The molecule has 21 heavy (non-hydrogen) atoms. The predicted molar refractivity (Wildman–Crippen MR) is 64.5 cm³/mol. The molecule has 0 aromatic carbocycles. The molecule has 14 nitrogen and oxygen atoms in total. The molecule has 0 aromatic rings. The third-order valence-electron chi connectivity index (χ3n) is 0. The van der Waals surface area contributed by atoms with Crippen molar-refractivity contribution in [1.29, 1.82) is 0 Å². The van der Waals surface area contributed by atoms with Crippen LogP contribution >= 0.6 is 0 Å². The van der Waals surface area contributed by atoms with E-state index >= 15 is 0 Å². The summed E-state index contributed by atoms with van der Waals surface area (Å²) in [5.41, 5.74) is 0. The van der Waals surface area contributed by atoms with Gasteiger partial charge in [-0.3, -0.25) is 25.3 Å². The van der Waals surface area contributed by atoms with Crippen molar-refractivity contribution in [2.45, 2.75) is 0 Å². The zero-order valence-corrected chi connectivity index (χ0v) is 13.0. The van der Waals surface area contributed by atoms with Gasteiger partial charge in [0, 0.05) is 31.2 Å². The summed E-state index contributed by atoms with van der Waals surface area (Å²) in [5, 5.41) is 0. The number of hydrogen-bond donors (Lipinski definition) is 0. The average molecular weight is 458 g/mol. The molecular weight excluding hydrogens is 452 g/mol. The van der Waals surface area contributed by atoms with Crippen LogP contribution in [0.1, 0.15) is 0 Å². The van der Waals surface area contributed by atoms with Crippen molar-refractivity contribution in [3.05, 3.63) is 0 Å². The average Bonchev–Trinajstić information content (AvgIpc) is 1.41. The molecule has 116 valence electrons. The maximum absolute atomic E-state index is 8.52. The van der Waals surface area contributed by atoms with E-state index in [9.17, 15) is 0 Å². The molecule has 0 unspecified atom stereocenters. The second kappa shape index (κ2) is 26.1. The van der Waals surface area contributed by atoms with E-state index in [0.29, 0.717) is 0 Å². The van der Waals surface area contributed by atoms with Crippen molar-refractivity contribution in [1.82, 2.24) is 0 Å². The van der Waals surface area contributed by atoms with E-state index in [0.717, 1.165) is 0 Å². The van der Waals surface area contributed by atoms with Crippen molar-refractivity contribution in [3.63, 3.8) is 0 Å². The van der Waals surface area contributed by atoms with E-state index in [1.165, 1.54) is 0 Å². The fraction of sp³-hybridized carbons (Fsp3) is 0. The summed E-state index contributed by atoms with van der Waals surface area (Å²) in [6, 6.07) is 0. The normalized spacial score (nSPS) is 8.29. The van der Waals surface area contributed by atoms with Crippen molar-refractivity contribution in [2.24, 2.45) is 0 Å². The molecular formula is H6Al2K2O14S3. The fourth-order valence-electron chi connectivity index (χ4n) is 0. The molecule has 0 saturated carbocycles. The quantitative estimate of drug-likeness (QED) is 0.185. The van der Waals surface area contributed by atoms with Gasteiger partial charge in [0.05, 0.1) is 0 Å². The molecule has 0 aliphatic heterocycles. The fourth-order valence-corrected chi connectivity index (χ4v) is 0. The van der Waals surface area contributed by atoms with E-state index in [1.807, 2.05) is 0 Å². The van der Waals surface area contributed by atoms with E-state index < -0.39 is 31.2 Å². The van der Waals surface area contributed by atoms with E-state index in [4.69, 9.17) is 52.6 Å². The first-order chi connectivity index (χ1) is 6.00. The summed E-state index contributed by atoms with van der Waals surface area (Å²) in [4.78, 5) is 0. The van der Waals surface area contributed by atoms with Gasteiger partial charge in [0.15, 0.2) is 0 Å². The molecule has 4 N–H and O–H groups in total. The van der Waals surface area contributed by atoms with Gasteiger partial charge < -0.3 is 38.3 Å². The Hall–Kier alpha value is 3.87. The SMILES string of the molecule is O.O.O=S(=O)([O-])[O-].O=S(=O)([O-])[O-].O=S(=O)([O-])[O-].[Al+3].[Al+3].[KH].[KH]. The first-order valence-corrected chi connectivity index (χ1v) is 6.00. The molecule has 0 atom stereocenters. The van der Waals surface area contributed by atoms with Gasteiger partial charge >= 0.3 is 137 Å². The van der Waals surface area contributed by atoms with Crippen LogP contribution in [-0.2, 0) is 31.2 Å². The van der Waals surface area contributed by atoms with Crippen LogP contribution in [0.4, 0.5) is 0 Å². The first kappa shape index (κ1) is 56.3. The number of rotatable bonds is 0. The van der Waals surface area contributed by atoms with Gasteiger partial charge in [-0.15, -0.1) is 0 Å². The van der Waals surface area contributed by atoms with Gasteiger partial charge in [-0.05, 0) is 0 Å². The Kier molecular flexibility index (Phi) is 69.9. The van der Waals surface area contributed by atoms with Crippen LogP contribution in [0.2, 0.25) is 0 Å². The molecule has 0 fully saturated rings. The molecule has 0 rings (SSSR count). The molecule has 0 saturated heterocycles. The third kappa shape index (κ3) is 763. The van der Waals surface area contributed by atoms with Gasteiger partial charge in [0.1, 0.15) is 0 Å². The Bertz CT molecular complexity index is 351. The molecule has 0 amide bonds. The first-order valence-electron chi connectivity index (χ1n) is 2.00. The van der Waals surface area contributed by atoms with Crippen LogP contribution in [0.15, 0.2) is 0 Å². The molecule has 0 bridgehead atoms. The van der Waals surface area contributed by atoms with Gasteiger partial charge in [0.2, 0.25) is 0 Å². The van der Waals surface area contributed by atoms with Crippen molar-refractivity contribution >= 4 is 169 Å². The molecule has 0 heterocycles. The molecule has 0 aliphatic rings. The molecule has 0 aliphatic carbocycles. The Morgan fingerprint density at radius 3 is 0.429 bits per heavy atom. The van der Waals surface area contributed by atoms with Gasteiger partial charge in [-0.1, -0.05) is 0 Å². The molecule has 0 spiro atoms. The van der Waals surface area contributed by atoms with Crippen LogP contribution in [0.25, 0.3) is 0 Å². The van der Waals surface area contributed by atoms with Crippen molar-refractivity contribution in [2.75, 3.05) is 0 Å². The summed E-state index contributed by atoms with van der Waals surface area (Å²) in [5.74, 6) is 0. The number of hydrogen-bond acceptors (Lipinski definition) is 12. The van der Waals surface area contributed by atoms with Gasteiger partial charge in [-0.25, -0.2) is 0 Å². The summed E-state index contributed by atoms with van der Waals surface area (Å²) < 4.78 is 102. The van der Waals surface area contributed by atoms with E-state index in [-0.39, 0.29) is 148 Å². The van der Waals surface area contributed by atoms with Crippen molar-refractivity contribution in [3.8, 4) is 0 Å². The predicted octanol–water partition coefficient (Wildman–Crippen LogP) is -7.72. The Labute approximate surface area is 227 Å². The standard InChI is InChI=1S/2Al.2K.3H2O4S.2H2O.2H/c;;;;3*1-5(2,3)4;;;;/h;;;;3*(H2,1,2,3,4);2*1H2;;/q2*+3;;;;;;;;;/p-6. The monoisotopic (exact) mass is 458 g/mol. The summed E-state index contributed by atoms with van der Waals surface area (Å²) in [7, 11) is -15.5. The Morgan fingerprint density at radius 2 is 0.429 bits per heavy atom. The van der Waals surface area contributed by atoms with Crippen LogP contribution in [0.5, 0.6) is 0 Å². The second-order valence-corrected chi connectivity index (χ2v) is 3.67. The maximum atomic E-state index is 8.52. The molecule has 0 aromatic heterocycles. The van der Waals surface area contributed by atoms with E-state index in [1.54, 1.807) is 0 Å². The van der Waals surface area contributed by atoms with Gasteiger partial charge in [0.25, 0.3) is 0 Å². The second-order valence-electron chi connectivity index (χ2n) is 1.22. The molecule has 21 heteroatoms. The Balaban J connectivity index is -0.0000000129. The molecule has 0 radical (unpaired) electrons. The third-order valence-corrected chi connectivity index (χ3v) is 0.